The van der Waals surface area contributed by atoms with Gasteiger partial charge in [0.25, 0.3) is 0 Å². The first kappa shape index (κ1) is 15.2. The van der Waals surface area contributed by atoms with Crippen LogP contribution < -0.4 is 0 Å². The maximum Gasteiger partial charge on any atom is 0.0432 e. The molecule has 0 atom stereocenters. The number of hydrogen-bond acceptors (Lipinski definition) is 1. The van der Waals surface area contributed by atoms with Gasteiger partial charge in [-0.3, -0.25) is 4.98 Å². The zero-order chi connectivity index (χ0) is 12.9. The monoisotopic (exact) mass is 227 g/mol. The molecule has 0 radical (unpaired) electrons. The van der Waals surface area contributed by atoms with Gasteiger partial charge in [0.1, 0.15) is 0 Å². The molecular formula is C16H21N. The summed E-state index contributed by atoms with van der Waals surface area (Å²) in [5, 5.41) is 0. The van der Waals surface area contributed by atoms with Gasteiger partial charge in [-0.05, 0) is 25.5 Å². The Labute approximate surface area is 105 Å². The van der Waals surface area contributed by atoms with E-state index in [0.717, 1.165) is 17.6 Å². The van der Waals surface area contributed by atoms with Crippen LogP contribution in [0.2, 0.25) is 0 Å². The molecule has 1 aromatic rings. The number of rotatable bonds is 2. The molecule has 17 heavy (non-hydrogen) atoms. The molecule has 0 saturated heterocycles. The molecule has 90 valence electrons. The standard InChI is InChI=1S/C14H15N.C2H6/c1-3-5-7-13(4-2)9-10-14-8-6-11-15-12-14;1-2/h4-8,11-12H,3H2,1-2H3;1-2H3/b7-5-,13-4+;. The van der Waals surface area contributed by atoms with Crippen LogP contribution in [0.15, 0.2) is 48.3 Å². The highest BCUT2D eigenvalue weighted by Crippen LogP contribution is 1.98. The predicted molar refractivity (Wildman–Crippen MR) is 75.7 cm³/mol. The van der Waals surface area contributed by atoms with Crippen molar-refractivity contribution in [3.8, 4) is 11.8 Å². The SMILES string of the molecule is C/C=C(C#Cc1cccnc1)\C=C/CC.CC. The van der Waals surface area contributed by atoms with Crippen molar-refractivity contribution in [2.24, 2.45) is 0 Å². The van der Waals surface area contributed by atoms with Gasteiger partial charge in [-0.15, -0.1) is 0 Å². The van der Waals surface area contributed by atoms with Gasteiger partial charge in [-0.25, -0.2) is 0 Å². The molecule has 0 amide bonds. The summed E-state index contributed by atoms with van der Waals surface area (Å²) < 4.78 is 0. The van der Waals surface area contributed by atoms with Crippen molar-refractivity contribution < 1.29 is 0 Å². The van der Waals surface area contributed by atoms with Gasteiger partial charge in [0.15, 0.2) is 0 Å². The zero-order valence-corrected chi connectivity index (χ0v) is 11.2. The number of pyridine rings is 1. The van der Waals surface area contributed by atoms with Crippen LogP contribution in [0.1, 0.15) is 39.7 Å². The zero-order valence-electron chi connectivity index (χ0n) is 11.2. The lowest BCUT2D eigenvalue weighted by Crippen LogP contribution is -1.76. The lowest BCUT2D eigenvalue weighted by atomic mass is 10.2. The highest BCUT2D eigenvalue weighted by atomic mass is 14.6. The Bertz CT molecular complexity index is 402. The van der Waals surface area contributed by atoms with E-state index in [4.69, 9.17) is 0 Å². The van der Waals surface area contributed by atoms with Crippen molar-refractivity contribution in [2.75, 3.05) is 0 Å². The van der Waals surface area contributed by atoms with Gasteiger partial charge < -0.3 is 0 Å². The lowest BCUT2D eigenvalue weighted by molar-refractivity contribution is 1.22. The first-order valence-corrected chi connectivity index (χ1v) is 6.11. The van der Waals surface area contributed by atoms with Crippen molar-refractivity contribution >= 4 is 0 Å². The molecule has 0 aliphatic carbocycles. The molecule has 0 aliphatic heterocycles. The van der Waals surface area contributed by atoms with Crippen LogP contribution in [-0.4, -0.2) is 4.98 Å². The molecule has 0 saturated carbocycles. The Balaban J connectivity index is 0.00000121. The van der Waals surface area contributed by atoms with Crippen LogP contribution in [0.25, 0.3) is 0 Å². The van der Waals surface area contributed by atoms with Crippen LogP contribution in [0, 0.1) is 11.8 Å². The van der Waals surface area contributed by atoms with Gasteiger partial charge in [-0.2, -0.15) is 0 Å². The second kappa shape index (κ2) is 10.7. The van der Waals surface area contributed by atoms with Crippen LogP contribution in [0.3, 0.4) is 0 Å². The summed E-state index contributed by atoms with van der Waals surface area (Å²) in [6.45, 7) is 8.10. The normalized spacial score (nSPS) is 10.2. The van der Waals surface area contributed by atoms with Crippen LogP contribution in [0.5, 0.6) is 0 Å². The van der Waals surface area contributed by atoms with Gasteiger partial charge in [0.05, 0.1) is 0 Å². The van der Waals surface area contributed by atoms with Gasteiger partial charge in [-0.1, -0.05) is 50.8 Å². The summed E-state index contributed by atoms with van der Waals surface area (Å²) in [6.07, 6.45) is 10.7. The average molecular weight is 227 g/mol. The lowest BCUT2D eigenvalue weighted by Gasteiger charge is -1.88. The van der Waals surface area contributed by atoms with E-state index < -0.39 is 0 Å². The molecule has 1 aromatic heterocycles. The minimum Gasteiger partial charge on any atom is -0.263 e. The summed E-state index contributed by atoms with van der Waals surface area (Å²) in [5.41, 5.74) is 1.99. The summed E-state index contributed by atoms with van der Waals surface area (Å²) >= 11 is 0. The number of nitrogens with zero attached hydrogens (tertiary/aromatic N) is 1. The van der Waals surface area contributed by atoms with Crippen molar-refractivity contribution in [1.29, 1.82) is 0 Å². The molecule has 0 aliphatic rings. The number of aromatic nitrogens is 1. The van der Waals surface area contributed by atoms with Crippen molar-refractivity contribution in [3.63, 3.8) is 0 Å². The van der Waals surface area contributed by atoms with Gasteiger partial charge in [0, 0.05) is 23.5 Å². The molecule has 1 heteroatoms. The fourth-order valence-corrected chi connectivity index (χ4v) is 1.04. The Morgan fingerprint density at radius 3 is 2.71 bits per heavy atom. The first-order valence-electron chi connectivity index (χ1n) is 6.11. The Morgan fingerprint density at radius 2 is 2.18 bits per heavy atom. The third-order valence-electron chi connectivity index (χ3n) is 1.86. The van der Waals surface area contributed by atoms with E-state index in [1.165, 1.54) is 0 Å². The molecular weight excluding hydrogens is 206 g/mol. The first-order chi connectivity index (χ1) is 8.36. The second-order valence-electron chi connectivity index (χ2n) is 3.05. The molecule has 0 aromatic carbocycles. The largest absolute Gasteiger partial charge is 0.263 e. The molecule has 1 heterocycles. The summed E-state index contributed by atoms with van der Waals surface area (Å²) in [5.74, 6) is 6.18. The Hall–Kier alpha value is -1.81. The summed E-state index contributed by atoms with van der Waals surface area (Å²) in [4.78, 5) is 4.01. The fourth-order valence-electron chi connectivity index (χ4n) is 1.04. The molecule has 1 rings (SSSR count). The molecule has 0 spiro atoms. The number of allylic oxidation sites excluding steroid dienone is 4. The molecule has 0 N–H and O–H groups in total. The van der Waals surface area contributed by atoms with E-state index in [2.05, 4.69) is 29.8 Å². The summed E-state index contributed by atoms with van der Waals surface area (Å²) in [7, 11) is 0. The third-order valence-corrected chi connectivity index (χ3v) is 1.86. The van der Waals surface area contributed by atoms with Crippen molar-refractivity contribution in [3.05, 3.63) is 53.9 Å². The maximum atomic E-state index is 4.01. The van der Waals surface area contributed by atoms with Crippen molar-refractivity contribution in [2.45, 2.75) is 34.1 Å². The van der Waals surface area contributed by atoms with Gasteiger partial charge >= 0.3 is 0 Å². The van der Waals surface area contributed by atoms with Crippen LogP contribution in [0.4, 0.5) is 0 Å². The van der Waals surface area contributed by atoms with Gasteiger partial charge in [0.2, 0.25) is 0 Å². The quantitative estimate of drug-likeness (QED) is 0.540. The minimum absolute atomic E-state index is 0.946. The molecule has 0 unspecified atom stereocenters. The minimum atomic E-state index is 0.946. The second-order valence-corrected chi connectivity index (χ2v) is 3.05. The Kier molecular flexibility index (Phi) is 9.56. The van der Waals surface area contributed by atoms with E-state index >= 15 is 0 Å². The fraction of sp³-hybridized carbons (Fsp3) is 0.312. The van der Waals surface area contributed by atoms with Crippen LogP contribution >= 0.6 is 0 Å². The predicted octanol–water partition coefficient (Wildman–Crippen LogP) is 4.37. The topological polar surface area (TPSA) is 12.9 Å². The van der Waals surface area contributed by atoms with E-state index in [-0.39, 0.29) is 0 Å². The molecule has 1 nitrogen and oxygen atoms in total. The molecule has 0 bridgehead atoms. The van der Waals surface area contributed by atoms with E-state index in [1.807, 2.05) is 45.1 Å². The average Bonchev–Trinajstić information content (AvgIpc) is 2.42. The highest BCUT2D eigenvalue weighted by Gasteiger charge is 1.84. The maximum absolute atomic E-state index is 4.01. The summed E-state index contributed by atoms with van der Waals surface area (Å²) in [6, 6.07) is 3.85. The smallest absolute Gasteiger partial charge is 0.0432 e. The third kappa shape index (κ3) is 7.14. The van der Waals surface area contributed by atoms with E-state index in [9.17, 15) is 0 Å². The van der Waals surface area contributed by atoms with E-state index in [0.29, 0.717) is 0 Å². The Morgan fingerprint density at radius 1 is 1.41 bits per heavy atom. The van der Waals surface area contributed by atoms with E-state index in [1.54, 1.807) is 12.4 Å². The highest BCUT2D eigenvalue weighted by molar-refractivity contribution is 5.43. The van der Waals surface area contributed by atoms with Crippen molar-refractivity contribution in [1.82, 2.24) is 4.98 Å². The van der Waals surface area contributed by atoms with Crippen LogP contribution in [-0.2, 0) is 0 Å². The molecule has 0 fully saturated rings. The number of hydrogen-bond donors (Lipinski definition) is 0.